The molecular formula is C19H19Cl2N5. The Kier molecular flexibility index (Phi) is 5.91. The molecule has 2 aromatic heterocycles. The summed E-state index contributed by atoms with van der Waals surface area (Å²) < 4.78 is 0. The molecular weight excluding hydrogens is 369 g/mol. The monoisotopic (exact) mass is 387 g/mol. The first-order valence-corrected chi connectivity index (χ1v) is 9.10. The zero-order valence-electron chi connectivity index (χ0n) is 14.5. The molecule has 0 bridgehead atoms. The van der Waals surface area contributed by atoms with Crippen LogP contribution in [-0.2, 0) is 0 Å². The van der Waals surface area contributed by atoms with Crippen molar-refractivity contribution in [1.29, 1.82) is 0 Å². The number of nitrogens with one attached hydrogen (secondary N) is 2. The molecule has 0 amide bonds. The van der Waals surface area contributed by atoms with E-state index in [0.717, 1.165) is 12.1 Å². The first-order chi connectivity index (χ1) is 12.5. The Morgan fingerprint density at radius 1 is 1.04 bits per heavy atom. The van der Waals surface area contributed by atoms with Gasteiger partial charge in [-0.3, -0.25) is 4.98 Å². The third kappa shape index (κ3) is 4.62. The number of pyridine rings is 1. The molecule has 7 heteroatoms. The predicted molar refractivity (Wildman–Crippen MR) is 108 cm³/mol. The molecule has 1 aromatic carbocycles. The summed E-state index contributed by atoms with van der Waals surface area (Å²) in [5, 5.41) is 7.68. The molecule has 5 nitrogen and oxygen atoms in total. The van der Waals surface area contributed by atoms with Crippen molar-refractivity contribution in [1.82, 2.24) is 15.0 Å². The van der Waals surface area contributed by atoms with Gasteiger partial charge in [0.1, 0.15) is 5.82 Å². The number of rotatable bonds is 6. The summed E-state index contributed by atoms with van der Waals surface area (Å²) in [6.07, 6.45) is 2.69. The summed E-state index contributed by atoms with van der Waals surface area (Å²) >= 11 is 12.3. The van der Waals surface area contributed by atoms with Crippen LogP contribution in [0.1, 0.15) is 20.3 Å². The number of aromatic nitrogens is 3. The van der Waals surface area contributed by atoms with Crippen molar-refractivity contribution < 1.29 is 0 Å². The lowest BCUT2D eigenvalue weighted by Gasteiger charge is -2.15. The lowest BCUT2D eigenvalue weighted by Crippen LogP contribution is -2.16. The van der Waals surface area contributed by atoms with E-state index in [0.29, 0.717) is 33.2 Å². The van der Waals surface area contributed by atoms with E-state index in [1.54, 1.807) is 24.4 Å². The molecule has 0 saturated heterocycles. The third-order valence-electron chi connectivity index (χ3n) is 3.83. The minimum Gasteiger partial charge on any atom is -0.352 e. The van der Waals surface area contributed by atoms with Crippen LogP contribution in [0.5, 0.6) is 0 Å². The Balaban J connectivity index is 2.00. The molecule has 3 rings (SSSR count). The fraction of sp³-hybridized carbons (Fsp3) is 0.211. The van der Waals surface area contributed by atoms with Gasteiger partial charge in [0.2, 0.25) is 5.95 Å². The highest BCUT2D eigenvalue weighted by atomic mass is 35.5. The fourth-order valence-corrected chi connectivity index (χ4v) is 2.61. The minimum absolute atomic E-state index is 0.247. The highest BCUT2D eigenvalue weighted by Gasteiger charge is 2.11. The van der Waals surface area contributed by atoms with E-state index in [9.17, 15) is 0 Å². The summed E-state index contributed by atoms with van der Waals surface area (Å²) in [7, 11) is 0. The molecule has 0 saturated carbocycles. The lowest BCUT2D eigenvalue weighted by atomic mass is 10.2. The molecule has 0 spiro atoms. The Labute approximate surface area is 162 Å². The number of hydrogen-bond acceptors (Lipinski definition) is 5. The maximum atomic E-state index is 6.26. The van der Waals surface area contributed by atoms with Gasteiger partial charge in [-0.05, 0) is 43.7 Å². The molecule has 1 atom stereocenters. The summed E-state index contributed by atoms with van der Waals surface area (Å²) in [5.74, 6) is 1.14. The van der Waals surface area contributed by atoms with Crippen LogP contribution in [0.4, 0.5) is 17.5 Å². The van der Waals surface area contributed by atoms with E-state index < -0.39 is 0 Å². The minimum atomic E-state index is 0.247. The highest BCUT2D eigenvalue weighted by Crippen LogP contribution is 2.29. The molecule has 2 N–H and O–H groups in total. The van der Waals surface area contributed by atoms with Gasteiger partial charge in [0.05, 0.1) is 22.1 Å². The second-order valence-electron chi connectivity index (χ2n) is 5.88. The predicted octanol–water partition coefficient (Wildman–Crippen LogP) is 5.80. The smallest absolute Gasteiger partial charge is 0.225 e. The summed E-state index contributed by atoms with van der Waals surface area (Å²) in [5.41, 5.74) is 2.16. The average molecular weight is 388 g/mol. The van der Waals surface area contributed by atoms with Crippen molar-refractivity contribution in [2.24, 2.45) is 0 Å². The number of nitrogens with zero attached hydrogens (tertiary/aromatic N) is 3. The first kappa shape index (κ1) is 18.4. The zero-order valence-corrected chi connectivity index (χ0v) is 16.0. The number of benzene rings is 1. The molecule has 3 aromatic rings. The van der Waals surface area contributed by atoms with E-state index in [2.05, 4.69) is 39.4 Å². The van der Waals surface area contributed by atoms with Crippen LogP contribution in [-0.4, -0.2) is 21.0 Å². The summed E-state index contributed by atoms with van der Waals surface area (Å²) in [6.45, 7) is 4.18. The van der Waals surface area contributed by atoms with Crippen LogP contribution in [0.15, 0.2) is 48.7 Å². The Hall–Kier alpha value is -2.37. The van der Waals surface area contributed by atoms with Crippen LogP contribution < -0.4 is 10.6 Å². The molecule has 0 unspecified atom stereocenters. The Morgan fingerprint density at radius 2 is 1.88 bits per heavy atom. The van der Waals surface area contributed by atoms with Gasteiger partial charge in [-0.2, -0.15) is 4.98 Å². The molecule has 134 valence electrons. The van der Waals surface area contributed by atoms with Crippen LogP contribution in [0, 0.1) is 0 Å². The molecule has 0 radical (unpaired) electrons. The number of anilines is 3. The number of hydrogen-bond donors (Lipinski definition) is 2. The third-order valence-corrected chi connectivity index (χ3v) is 4.40. The van der Waals surface area contributed by atoms with E-state index in [1.807, 2.05) is 24.3 Å². The first-order valence-electron chi connectivity index (χ1n) is 8.34. The van der Waals surface area contributed by atoms with Gasteiger partial charge in [0, 0.05) is 23.3 Å². The van der Waals surface area contributed by atoms with Gasteiger partial charge in [0.15, 0.2) is 0 Å². The molecule has 0 aliphatic carbocycles. The second kappa shape index (κ2) is 8.34. The molecule has 0 aliphatic rings. The van der Waals surface area contributed by atoms with Crippen molar-refractivity contribution in [3.8, 4) is 11.4 Å². The van der Waals surface area contributed by atoms with Crippen molar-refractivity contribution in [3.05, 3.63) is 58.7 Å². The quantitative estimate of drug-likeness (QED) is 0.559. The molecule has 0 fully saturated rings. The summed E-state index contributed by atoms with van der Waals surface area (Å²) in [6, 6.07) is 13.0. The highest BCUT2D eigenvalue weighted by molar-refractivity contribution is 6.35. The average Bonchev–Trinajstić information content (AvgIpc) is 2.65. The van der Waals surface area contributed by atoms with Crippen LogP contribution in [0.2, 0.25) is 10.0 Å². The van der Waals surface area contributed by atoms with Gasteiger partial charge in [0.25, 0.3) is 0 Å². The van der Waals surface area contributed by atoms with Crippen LogP contribution in [0.3, 0.4) is 0 Å². The zero-order chi connectivity index (χ0) is 18.5. The van der Waals surface area contributed by atoms with Gasteiger partial charge in [-0.15, -0.1) is 0 Å². The van der Waals surface area contributed by atoms with Gasteiger partial charge in [-0.1, -0.05) is 36.2 Å². The van der Waals surface area contributed by atoms with Crippen LogP contribution in [0.25, 0.3) is 11.4 Å². The van der Waals surface area contributed by atoms with Gasteiger partial charge in [-0.25, -0.2) is 4.98 Å². The molecule has 26 heavy (non-hydrogen) atoms. The van der Waals surface area contributed by atoms with Crippen LogP contribution >= 0.6 is 23.2 Å². The Bertz CT molecular complexity index is 886. The Morgan fingerprint density at radius 3 is 2.62 bits per heavy atom. The van der Waals surface area contributed by atoms with Gasteiger partial charge < -0.3 is 10.6 Å². The van der Waals surface area contributed by atoms with Crippen molar-refractivity contribution in [2.75, 3.05) is 10.6 Å². The van der Waals surface area contributed by atoms with Crippen molar-refractivity contribution in [2.45, 2.75) is 26.3 Å². The van der Waals surface area contributed by atoms with Crippen molar-refractivity contribution >= 4 is 40.7 Å². The van der Waals surface area contributed by atoms with Crippen molar-refractivity contribution in [3.63, 3.8) is 0 Å². The summed E-state index contributed by atoms with van der Waals surface area (Å²) in [4.78, 5) is 13.5. The normalized spacial score (nSPS) is 11.8. The maximum Gasteiger partial charge on any atom is 0.225 e. The molecule has 2 heterocycles. The van der Waals surface area contributed by atoms with E-state index in [1.165, 1.54) is 0 Å². The lowest BCUT2D eigenvalue weighted by molar-refractivity contribution is 0.753. The topological polar surface area (TPSA) is 62.7 Å². The van der Waals surface area contributed by atoms with E-state index in [4.69, 9.17) is 23.2 Å². The molecule has 0 aliphatic heterocycles. The van der Waals surface area contributed by atoms with E-state index >= 15 is 0 Å². The SMILES string of the molecule is CC[C@H](C)Nc1nc(Nc2cc(Cl)ccc2Cl)cc(-c2ccccn2)n1. The second-order valence-corrected chi connectivity index (χ2v) is 6.72. The van der Waals surface area contributed by atoms with Gasteiger partial charge >= 0.3 is 0 Å². The largest absolute Gasteiger partial charge is 0.352 e. The fourth-order valence-electron chi connectivity index (χ4n) is 2.28. The maximum absolute atomic E-state index is 6.26. The number of halogens is 2. The van der Waals surface area contributed by atoms with E-state index in [-0.39, 0.29) is 6.04 Å². The standard InChI is InChI=1S/C19H19Cl2N5/c1-3-12(2)23-19-25-17(15-6-4-5-9-22-15)11-18(26-19)24-16-10-13(20)7-8-14(16)21/h4-12H,3H2,1-2H3,(H2,23,24,25,26)/t12-/m0/s1.